The molecule has 0 aromatic heterocycles. The summed E-state index contributed by atoms with van der Waals surface area (Å²) in [5.74, 6) is 2.84. The molecule has 1 amide bonds. The quantitative estimate of drug-likeness (QED) is 0.836. The lowest BCUT2D eigenvalue weighted by atomic mass is 10.1. The van der Waals surface area contributed by atoms with E-state index in [0.29, 0.717) is 17.7 Å². The van der Waals surface area contributed by atoms with E-state index in [1.807, 2.05) is 52.7 Å². The molecular formula is C21H24N2O2S2. The van der Waals surface area contributed by atoms with Crippen LogP contribution < -0.4 is 4.90 Å². The van der Waals surface area contributed by atoms with E-state index < -0.39 is 0 Å². The zero-order valence-corrected chi connectivity index (χ0v) is 16.8. The van der Waals surface area contributed by atoms with Gasteiger partial charge in [0.1, 0.15) is 5.75 Å². The van der Waals surface area contributed by atoms with Gasteiger partial charge in [0, 0.05) is 43.5 Å². The first-order valence-electron chi connectivity index (χ1n) is 9.37. The van der Waals surface area contributed by atoms with Gasteiger partial charge in [0.25, 0.3) is 5.91 Å². The first-order chi connectivity index (χ1) is 13.2. The number of aromatic hydroxyl groups is 1. The Balaban J connectivity index is 1.36. The maximum atomic E-state index is 12.8. The number of hydrogen-bond donors (Lipinski definition) is 1. The zero-order valence-electron chi connectivity index (χ0n) is 15.2. The summed E-state index contributed by atoms with van der Waals surface area (Å²) >= 11 is 4.00. The molecule has 0 unspecified atom stereocenters. The number of amides is 1. The summed E-state index contributed by atoms with van der Waals surface area (Å²) in [6.45, 7) is 2.96. The number of carbonyl (C=O) groups is 1. The normalized spacial score (nSPS) is 18.5. The van der Waals surface area contributed by atoms with E-state index >= 15 is 0 Å². The second-order valence-corrected chi connectivity index (χ2v) is 9.57. The molecule has 4 rings (SSSR count). The Morgan fingerprint density at radius 3 is 2.33 bits per heavy atom. The topological polar surface area (TPSA) is 43.8 Å². The van der Waals surface area contributed by atoms with E-state index in [2.05, 4.69) is 17.0 Å². The van der Waals surface area contributed by atoms with Gasteiger partial charge in [0.05, 0.1) is 4.58 Å². The average Bonchev–Trinajstić information content (AvgIpc) is 2.74. The van der Waals surface area contributed by atoms with Crippen LogP contribution in [0.2, 0.25) is 0 Å². The van der Waals surface area contributed by atoms with Crippen molar-refractivity contribution in [1.82, 2.24) is 4.90 Å². The minimum Gasteiger partial charge on any atom is -0.508 e. The fourth-order valence-corrected chi connectivity index (χ4v) is 6.40. The highest BCUT2D eigenvalue weighted by atomic mass is 32.2. The van der Waals surface area contributed by atoms with Crippen LogP contribution in [0.3, 0.4) is 0 Å². The summed E-state index contributed by atoms with van der Waals surface area (Å²) in [5.41, 5.74) is 3.10. The molecule has 0 bridgehead atoms. The van der Waals surface area contributed by atoms with Crippen molar-refractivity contribution in [3.8, 4) is 5.75 Å². The van der Waals surface area contributed by atoms with Crippen LogP contribution in [0.5, 0.6) is 5.75 Å². The monoisotopic (exact) mass is 400 g/mol. The molecule has 2 aliphatic heterocycles. The SMILES string of the molecule is O=C(c1ccc(C2SCCCS2)cc1)N1CCN(c2cccc(O)c2)CC1. The van der Waals surface area contributed by atoms with E-state index in [1.54, 1.807) is 12.1 Å². The Kier molecular flexibility index (Phi) is 5.83. The number of anilines is 1. The summed E-state index contributed by atoms with van der Waals surface area (Å²) in [6.07, 6.45) is 1.29. The van der Waals surface area contributed by atoms with Crippen LogP contribution in [0.25, 0.3) is 0 Å². The van der Waals surface area contributed by atoms with E-state index in [9.17, 15) is 9.90 Å². The van der Waals surface area contributed by atoms with Gasteiger partial charge in [-0.3, -0.25) is 4.79 Å². The molecule has 27 heavy (non-hydrogen) atoms. The Bertz CT molecular complexity index is 783. The van der Waals surface area contributed by atoms with Crippen molar-refractivity contribution in [2.45, 2.75) is 11.0 Å². The van der Waals surface area contributed by atoms with Crippen LogP contribution in [0.4, 0.5) is 5.69 Å². The lowest BCUT2D eigenvalue weighted by Crippen LogP contribution is -2.48. The van der Waals surface area contributed by atoms with Crippen molar-refractivity contribution in [3.05, 3.63) is 59.7 Å². The second-order valence-electron chi connectivity index (χ2n) is 6.85. The van der Waals surface area contributed by atoms with Gasteiger partial charge in [-0.15, -0.1) is 23.5 Å². The summed E-state index contributed by atoms with van der Waals surface area (Å²) in [4.78, 5) is 17.0. The molecule has 2 saturated heterocycles. The molecule has 0 spiro atoms. The van der Waals surface area contributed by atoms with Crippen molar-refractivity contribution < 1.29 is 9.90 Å². The number of hydrogen-bond acceptors (Lipinski definition) is 5. The van der Waals surface area contributed by atoms with Gasteiger partial charge in [0.15, 0.2) is 0 Å². The van der Waals surface area contributed by atoms with E-state index in [1.165, 1.54) is 23.5 Å². The van der Waals surface area contributed by atoms with Gasteiger partial charge in [-0.05, 0) is 47.8 Å². The Labute approximate surface area is 168 Å². The zero-order chi connectivity index (χ0) is 18.6. The molecule has 142 valence electrons. The Hall–Kier alpha value is -1.79. The standard InChI is InChI=1S/C21H24N2O2S2/c24-19-4-1-3-18(15-19)22-9-11-23(12-10-22)20(25)16-5-7-17(8-6-16)21-26-13-2-14-27-21/h1,3-8,15,21,24H,2,9-14H2. The van der Waals surface area contributed by atoms with E-state index in [4.69, 9.17) is 0 Å². The molecule has 6 heteroatoms. The smallest absolute Gasteiger partial charge is 0.253 e. The van der Waals surface area contributed by atoms with Gasteiger partial charge < -0.3 is 14.9 Å². The van der Waals surface area contributed by atoms with Crippen molar-refractivity contribution >= 4 is 35.1 Å². The third-order valence-corrected chi connectivity index (χ3v) is 8.03. The Morgan fingerprint density at radius 2 is 1.67 bits per heavy atom. The van der Waals surface area contributed by atoms with Crippen LogP contribution in [0.15, 0.2) is 48.5 Å². The molecule has 4 nitrogen and oxygen atoms in total. The average molecular weight is 401 g/mol. The molecule has 2 aromatic rings. The van der Waals surface area contributed by atoms with Crippen LogP contribution in [0.1, 0.15) is 26.9 Å². The lowest BCUT2D eigenvalue weighted by Gasteiger charge is -2.36. The summed E-state index contributed by atoms with van der Waals surface area (Å²) < 4.78 is 0.508. The van der Waals surface area contributed by atoms with Gasteiger partial charge in [0.2, 0.25) is 0 Å². The number of carbonyl (C=O) groups excluding carboxylic acids is 1. The van der Waals surface area contributed by atoms with Gasteiger partial charge in [-0.1, -0.05) is 18.2 Å². The molecule has 0 radical (unpaired) electrons. The highest BCUT2D eigenvalue weighted by molar-refractivity contribution is 8.16. The molecule has 0 aliphatic carbocycles. The number of phenolic OH excluding ortho intramolecular Hbond substituents is 1. The first-order valence-corrected chi connectivity index (χ1v) is 11.5. The van der Waals surface area contributed by atoms with Crippen LogP contribution in [-0.4, -0.2) is 53.6 Å². The van der Waals surface area contributed by atoms with E-state index in [0.717, 1.165) is 24.3 Å². The molecule has 1 N–H and O–H groups in total. The highest BCUT2D eigenvalue weighted by Gasteiger charge is 2.23. The summed E-state index contributed by atoms with van der Waals surface area (Å²) in [6, 6.07) is 15.5. The number of rotatable bonds is 3. The van der Waals surface area contributed by atoms with Crippen molar-refractivity contribution in [3.63, 3.8) is 0 Å². The third kappa shape index (κ3) is 4.38. The first kappa shape index (κ1) is 18.6. The fourth-order valence-electron chi connectivity index (χ4n) is 3.50. The predicted octanol–water partition coefficient (Wildman–Crippen LogP) is 4.22. The Morgan fingerprint density at radius 1 is 0.963 bits per heavy atom. The maximum Gasteiger partial charge on any atom is 0.253 e. The summed E-state index contributed by atoms with van der Waals surface area (Å²) in [5, 5.41) is 9.65. The minimum absolute atomic E-state index is 0.112. The minimum atomic E-state index is 0.112. The molecule has 0 saturated carbocycles. The number of benzene rings is 2. The molecular weight excluding hydrogens is 376 g/mol. The lowest BCUT2D eigenvalue weighted by molar-refractivity contribution is 0.0746. The summed E-state index contributed by atoms with van der Waals surface area (Å²) in [7, 11) is 0. The largest absolute Gasteiger partial charge is 0.508 e. The van der Waals surface area contributed by atoms with Gasteiger partial charge >= 0.3 is 0 Å². The maximum absolute atomic E-state index is 12.8. The number of thioether (sulfide) groups is 2. The van der Waals surface area contributed by atoms with Crippen molar-refractivity contribution in [2.24, 2.45) is 0 Å². The number of nitrogens with zero attached hydrogens (tertiary/aromatic N) is 2. The van der Waals surface area contributed by atoms with Gasteiger partial charge in [-0.2, -0.15) is 0 Å². The fraction of sp³-hybridized carbons (Fsp3) is 0.381. The van der Waals surface area contributed by atoms with E-state index in [-0.39, 0.29) is 11.7 Å². The van der Waals surface area contributed by atoms with Crippen molar-refractivity contribution in [2.75, 3.05) is 42.6 Å². The molecule has 2 heterocycles. The third-order valence-electron chi connectivity index (χ3n) is 5.02. The molecule has 2 fully saturated rings. The van der Waals surface area contributed by atoms with Crippen molar-refractivity contribution in [1.29, 1.82) is 0 Å². The highest BCUT2D eigenvalue weighted by Crippen LogP contribution is 2.43. The van der Waals surface area contributed by atoms with Crippen LogP contribution in [-0.2, 0) is 0 Å². The number of phenols is 1. The number of piperazine rings is 1. The molecule has 0 atom stereocenters. The second kappa shape index (κ2) is 8.48. The predicted molar refractivity (Wildman–Crippen MR) is 115 cm³/mol. The molecule has 2 aliphatic rings. The molecule has 2 aromatic carbocycles. The van der Waals surface area contributed by atoms with Gasteiger partial charge in [-0.25, -0.2) is 0 Å². The van der Waals surface area contributed by atoms with Crippen LogP contribution in [0, 0.1) is 0 Å². The van der Waals surface area contributed by atoms with Crippen LogP contribution >= 0.6 is 23.5 Å².